The van der Waals surface area contributed by atoms with E-state index in [-0.39, 0.29) is 5.92 Å². The number of unbranched alkanes of at least 4 members (excludes halogenated alkanes) is 13. The first kappa shape index (κ1) is 34.0. The fraction of sp³-hybridized carbons (Fsp3) is 0.926. The highest BCUT2D eigenvalue weighted by molar-refractivity contribution is 5.78. The van der Waals surface area contributed by atoms with Gasteiger partial charge in [0.05, 0.1) is 0 Å². The summed E-state index contributed by atoms with van der Waals surface area (Å²) in [7, 11) is 0. The van der Waals surface area contributed by atoms with Gasteiger partial charge < -0.3 is 20.8 Å². The number of carbonyl (C=O) groups is 2. The zero-order valence-corrected chi connectivity index (χ0v) is 22.3. The lowest BCUT2D eigenvalue weighted by Gasteiger charge is -2.25. The van der Waals surface area contributed by atoms with Crippen molar-refractivity contribution in [3.63, 3.8) is 0 Å². The number of aliphatic carboxylic acids is 1. The Morgan fingerprint density at radius 1 is 0.788 bits per heavy atom. The first-order valence-electron chi connectivity index (χ1n) is 13.7. The van der Waals surface area contributed by atoms with E-state index in [4.69, 9.17) is 15.9 Å². The van der Waals surface area contributed by atoms with Crippen LogP contribution in [0.5, 0.6) is 0 Å². The third kappa shape index (κ3) is 22.4. The lowest BCUT2D eigenvalue weighted by molar-refractivity contribution is -0.145. The molecule has 6 nitrogen and oxygen atoms in total. The molecule has 4 N–H and O–H groups in total. The predicted molar refractivity (Wildman–Crippen MR) is 139 cm³/mol. The van der Waals surface area contributed by atoms with Crippen molar-refractivity contribution in [2.24, 2.45) is 11.7 Å². The van der Waals surface area contributed by atoms with E-state index in [1.807, 2.05) is 11.8 Å². The van der Waals surface area contributed by atoms with Crippen molar-refractivity contribution in [3.8, 4) is 0 Å². The Kier molecular flexibility index (Phi) is 26.3. The van der Waals surface area contributed by atoms with E-state index in [1.165, 1.54) is 96.8 Å². The quantitative estimate of drug-likeness (QED) is 0.174. The van der Waals surface area contributed by atoms with Gasteiger partial charge in [-0.05, 0) is 26.7 Å². The Hall–Kier alpha value is -1.14. The highest BCUT2D eigenvalue weighted by Gasteiger charge is 2.20. The number of carboxylic acid groups (broad SMARTS) is 1. The number of carboxylic acids is 1. The van der Waals surface area contributed by atoms with Gasteiger partial charge in [0.15, 0.2) is 0 Å². The van der Waals surface area contributed by atoms with E-state index in [0.29, 0.717) is 19.0 Å². The third-order valence-corrected chi connectivity index (χ3v) is 6.20. The van der Waals surface area contributed by atoms with Gasteiger partial charge in [0.25, 0.3) is 0 Å². The molecule has 2 atom stereocenters. The summed E-state index contributed by atoms with van der Waals surface area (Å²) in [5, 5.41) is 15.8. The van der Waals surface area contributed by atoms with Crippen LogP contribution in [0.2, 0.25) is 0 Å². The van der Waals surface area contributed by atoms with Crippen molar-refractivity contribution < 1.29 is 19.8 Å². The Bertz CT molecular complexity index is 444. The first-order valence-corrected chi connectivity index (χ1v) is 13.7. The summed E-state index contributed by atoms with van der Waals surface area (Å²) >= 11 is 0. The van der Waals surface area contributed by atoms with Gasteiger partial charge in [0.2, 0.25) is 5.91 Å². The van der Waals surface area contributed by atoms with Gasteiger partial charge in [-0.3, -0.25) is 4.79 Å². The number of nitrogens with two attached hydrogens (primary N) is 1. The Morgan fingerprint density at radius 2 is 1.18 bits per heavy atom. The number of hydrogen-bond acceptors (Lipinski definition) is 4. The van der Waals surface area contributed by atoms with Gasteiger partial charge in [-0.1, -0.05) is 104 Å². The van der Waals surface area contributed by atoms with Crippen LogP contribution in [-0.4, -0.2) is 52.7 Å². The Labute approximate surface area is 204 Å². The summed E-state index contributed by atoms with van der Waals surface area (Å²) in [6, 6.07) is 0. The van der Waals surface area contributed by atoms with Crippen molar-refractivity contribution in [1.82, 2.24) is 4.90 Å². The number of hydrogen-bond donors (Lipinski definition) is 3. The monoisotopic (exact) mass is 472 g/mol. The topological polar surface area (TPSA) is 104 Å². The molecule has 0 aliphatic rings. The molecule has 0 aromatic carbocycles. The molecular weight excluding hydrogens is 416 g/mol. The van der Waals surface area contributed by atoms with E-state index in [2.05, 4.69) is 13.8 Å². The average molecular weight is 473 g/mol. The van der Waals surface area contributed by atoms with Crippen LogP contribution in [0, 0.1) is 5.92 Å². The van der Waals surface area contributed by atoms with E-state index >= 15 is 0 Å². The molecule has 1 amide bonds. The van der Waals surface area contributed by atoms with Crippen LogP contribution >= 0.6 is 0 Å². The maximum Gasteiger partial charge on any atom is 0.332 e. The minimum Gasteiger partial charge on any atom is -0.479 e. The zero-order valence-electron chi connectivity index (χ0n) is 22.3. The summed E-state index contributed by atoms with van der Waals surface area (Å²) < 4.78 is 0. The third-order valence-electron chi connectivity index (χ3n) is 6.20. The van der Waals surface area contributed by atoms with Crippen molar-refractivity contribution in [1.29, 1.82) is 0 Å². The number of aliphatic hydroxyl groups excluding tert-OH is 1. The molecule has 0 aliphatic carbocycles. The number of rotatable bonds is 21. The molecule has 0 rings (SSSR count). The number of nitrogens with zero attached hydrogens (tertiary/aromatic N) is 1. The Balaban J connectivity index is 0. The summed E-state index contributed by atoms with van der Waals surface area (Å²) in [5.41, 5.74) is 5.62. The number of carbonyl (C=O) groups excluding carboxylic acids is 1. The molecule has 0 aliphatic heterocycles. The number of amides is 1. The maximum absolute atomic E-state index is 12.5. The lowest BCUT2D eigenvalue weighted by Crippen LogP contribution is -2.39. The minimum atomic E-state index is -1.23. The average Bonchev–Trinajstić information content (AvgIpc) is 2.80. The van der Waals surface area contributed by atoms with E-state index in [1.54, 1.807) is 0 Å². The molecule has 0 bridgehead atoms. The van der Waals surface area contributed by atoms with Crippen molar-refractivity contribution >= 4 is 11.9 Å². The molecule has 0 aromatic heterocycles. The van der Waals surface area contributed by atoms with E-state index < -0.39 is 12.1 Å². The number of aliphatic hydroxyl groups is 1. The molecule has 0 saturated carbocycles. The highest BCUT2D eigenvalue weighted by atomic mass is 16.4. The second kappa shape index (κ2) is 25.5. The molecule has 33 heavy (non-hydrogen) atoms. The van der Waals surface area contributed by atoms with Gasteiger partial charge in [-0.15, -0.1) is 0 Å². The molecule has 0 saturated heterocycles. The minimum absolute atomic E-state index is 0.203. The van der Waals surface area contributed by atoms with Gasteiger partial charge >= 0.3 is 5.97 Å². The molecule has 0 radical (unpaired) electrons. The Morgan fingerprint density at radius 3 is 1.48 bits per heavy atom. The fourth-order valence-corrected chi connectivity index (χ4v) is 3.93. The van der Waals surface area contributed by atoms with Crippen LogP contribution in [0.1, 0.15) is 130 Å². The molecule has 2 unspecified atom stereocenters. The van der Waals surface area contributed by atoms with E-state index in [9.17, 15) is 9.59 Å². The molecule has 198 valence electrons. The van der Waals surface area contributed by atoms with E-state index in [0.717, 1.165) is 19.4 Å². The molecular formula is C27H56N2O4. The van der Waals surface area contributed by atoms with Crippen LogP contribution < -0.4 is 5.73 Å². The molecule has 0 aromatic rings. The SMILES string of the molecule is CC(O)C(=O)O.CCCCCCCCCCCCCCCCC(CC)C(=O)N(CC)CCN. The molecule has 6 heteroatoms. The number of likely N-dealkylation sites (N-methyl/N-ethyl adjacent to an activating group) is 1. The molecule has 0 heterocycles. The van der Waals surface area contributed by atoms with Crippen molar-refractivity contribution in [3.05, 3.63) is 0 Å². The normalized spacial score (nSPS) is 12.5. The second-order valence-electron chi connectivity index (χ2n) is 9.21. The van der Waals surface area contributed by atoms with Gasteiger partial charge in [0, 0.05) is 25.6 Å². The van der Waals surface area contributed by atoms with Crippen LogP contribution in [-0.2, 0) is 9.59 Å². The molecule has 0 fully saturated rings. The highest BCUT2D eigenvalue weighted by Crippen LogP contribution is 2.18. The van der Waals surface area contributed by atoms with Crippen molar-refractivity contribution in [2.75, 3.05) is 19.6 Å². The molecule has 0 spiro atoms. The lowest BCUT2D eigenvalue weighted by atomic mass is 9.96. The largest absolute Gasteiger partial charge is 0.479 e. The maximum atomic E-state index is 12.5. The van der Waals surface area contributed by atoms with Crippen LogP contribution in [0.25, 0.3) is 0 Å². The first-order chi connectivity index (χ1) is 15.8. The van der Waals surface area contributed by atoms with Gasteiger partial charge in [0.1, 0.15) is 6.10 Å². The fourth-order valence-electron chi connectivity index (χ4n) is 3.93. The predicted octanol–water partition coefficient (Wildman–Crippen LogP) is 6.14. The van der Waals surface area contributed by atoms with Gasteiger partial charge in [-0.2, -0.15) is 0 Å². The van der Waals surface area contributed by atoms with Gasteiger partial charge in [-0.25, -0.2) is 4.79 Å². The van der Waals surface area contributed by atoms with Crippen LogP contribution in [0.3, 0.4) is 0 Å². The summed E-state index contributed by atoms with van der Waals surface area (Å²) in [6.07, 6.45) is 20.1. The summed E-state index contributed by atoms with van der Waals surface area (Å²) in [6.45, 7) is 9.72. The summed E-state index contributed by atoms with van der Waals surface area (Å²) in [4.78, 5) is 23.9. The summed E-state index contributed by atoms with van der Waals surface area (Å²) in [5.74, 6) is -0.663. The standard InChI is InChI=1S/C24H50N2O.C3H6O3/c1-4-7-8-9-10-11-12-13-14-15-16-17-18-19-20-23(5-2)24(27)26(6-3)22-21-25;1-2(4)3(5)6/h23H,4-22,25H2,1-3H3;2,4H,1H3,(H,5,6). The van der Waals surface area contributed by atoms with Crippen molar-refractivity contribution in [2.45, 2.75) is 137 Å². The van der Waals surface area contributed by atoms with Crippen LogP contribution in [0.4, 0.5) is 0 Å². The van der Waals surface area contributed by atoms with Crippen LogP contribution in [0.15, 0.2) is 0 Å². The second-order valence-corrected chi connectivity index (χ2v) is 9.21. The smallest absolute Gasteiger partial charge is 0.332 e. The zero-order chi connectivity index (χ0) is 25.3.